The standard InChI is InChI=1S/C27H51N5O9/c1-5-9-37-11-13-39-15-16-40-14-12-38-10-8-30-27(36)41-24-20(25(34)35)17-21(32-26(28)29)22(24)23(31-18(4)33)19(6-2)7-3/h19-24H,5-17H2,1-4H3,(H,30,36)(H,31,33)(H,34,35)(H4,28,29,32)/t20-,21+,22+,23-,24+/m0/s1. The highest BCUT2D eigenvalue weighted by atomic mass is 16.6. The van der Waals surface area contributed by atoms with Crippen LogP contribution in [0.1, 0.15) is 53.4 Å². The maximum absolute atomic E-state index is 12.7. The molecule has 0 heterocycles. The van der Waals surface area contributed by atoms with Crippen molar-refractivity contribution in [3.05, 3.63) is 0 Å². The Balaban J connectivity index is 2.62. The average Bonchev–Trinajstić information content (AvgIpc) is 3.25. The van der Waals surface area contributed by atoms with Crippen LogP contribution in [-0.2, 0) is 33.3 Å². The molecule has 0 aliphatic heterocycles. The van der Waals surface area contributed by atoms with Crippen LogP contribution < -0.4 is 22.1 Å². The normalized spacial score (nSPS) is 20.9. The molecule has 1 rings (SSSR count). The number of carbonyl (C=O) groups is 3. The summed E-state index contributed by atoms with van der Waals surface area (Å²) >= 11 is 0. The van der Waals surface area contributed by atoms with E-state index in [9.17, 15) is 19.5 Å². The van der Waals surface area contributed by atoms with Gasteiger partial charge in [-0.25, -0.2) is 9.79 Å². The van der Waals surface area contributed by atoms with Crippen molar-refractivity contribution < 1.29 is 43.2 Å². The minimum absolute atomic E-state index is 0.00991. The number of amides is 2. The van der Waals surface area contributed by atoms with Gasteiger partial charge in [0.25, 0.3) is 0 Å². The summed E-state index contributed by atoms with van der Waals surface area (Å²) in [5.74, 6) is -3.32. The second kappa shape index (κ2) is 21.1. The van der Waals surface area contributed by atoms with Crippen LogP contribution in [0.2, 0.25) is 0 Å². The number of carbonyl (C=O) groups excluding carboxylic acids is 2. The third-order valence-corrected chi connectivity index (χ3v) is 6.91. The second-order valence-corrected chi connectivity index (χ2v) is 9.93. The largest absolute Gasteiger partial charge is 0.481 e. The van der Waals surface area contributed by atoms with Gasteiger partial charge in [0.2, 0.25) is 5.91 Å². The van der Waals surface area contributed by atoms with Crippen LogP contribution in [0.25, 0.3) is 0 Å². The van der Waals surface area contributed by atoms with Crippen molar-refractivity contribution >= 4 is 23.9 Å². The molecule has 7 N–H and O–H groups in total. The molecule has 5 atom stereocenters. The molecule has 41 heavy (non-hydrogen) atoms. The van der Waals surface area contributed by atoms with E-state index in [1.165, 1.54) is 6.92 Å². The van der Waals surface area contributed by atoms with Crippen molar-refractivity contribution in [2.24, 2.45) is 34.2 Å². The van der Waals surface area contributed by atoms with Gasteiger partial charge in [-0.3, -0.25) is 9.59 Å². The number of hydrogen-bond acceptors (Lipinski definition) is 9. The van der Waals surface area contributed by atoms with Gasteiger partial charge in [0.1, 0.15) is 6.10 Å². The molecule has 0 spiro atoms. The summed E-state index contributed by atoms with van der Waals surface area (Å²) < 4.78 is 27.3. The molecule has 238 valence electrons. The summed E-state index contributed by atoms with van der Waals surface area (Å²) in [6, 6.07) is -1.15. The Hall–Kier alpha value is -2.68. The number of ether oxygens (including phenoxy) is 5. The zero-order valence-electron chi connectivity index (χ0n) is 25.0. The van der Waals surface area contributed by atoms with Crippen molar-refractivity contribution in [2.75, 3.05) is 59.4 Å². The molecule has 1 fully saturated rings. The van der Waals surface area contributed by atoms with Gasteiger partial charge in [-0.1, -0.05) is 33.6 Å². The van der Waals surface area contributed by atoms with Crippen LogP contribution in [-0.4, -0.2) is 107 Å². The maximum atomic E-state index is 12.7. The highest BCUT2D eigenvalue weighted by Gasteiger charge is 2.53. The summed E-state index contributed by atoms with van der Waals surface area (Å²) in [6.07, 6.45) is 0.616. The number of carboxylic acids is 1. The molecule has 1 aliphatic rings. The number of nitrogens with two attached hydrogens (primary N) is 2. The first-order valence-corrected chi connectivity index (χ1v) is 14.5. The van der Waals surface area contributed by atoms with Crippen LogP contribution in [0, 0.1) is 17.8 Å². The zero-order valence-corrected chi connectivity index (χ0v) is 25.0. The summed E-state index contributed by atoms with van der Waals surface area (Å²) in [5.41, 5.74) is 11.3. The molecule has 0 aromatic rings. The fourth-order valence-electron chi connectivity index (χ4n) is 5.07. The van der Waals surface area contributed by atoms with Crippen LogP contribution in [0.15, 0.2) is 4.99 Å². The van der Waals surface area contributed by atoms with Crippen molar-refractivity contribution in [3.63, 3.8) is 0 Å². The lowest BCUT2D eigenvalue weighted by Crippen LogP contribution is -2.52. The first kappa shape index (κ1) is 36.3. The molecule has 0 bridgehead atoms. The predicted octanol–water partition coefficient (Wildman–Crippen LogP) is 0.861. The molecule has 0 aromatic heterocycles. The molecular weight excluding hydrogens is 538 g/mol. The van der Waals surface area contributed by atoms with Gasteiger partial charge in [0.15, 0.2) is 5.96 Å². The summed E-state index contributed by atoms with van der Waals surface area (Å²) in [4.78, 5) is 41.3. The number of rotatable bonds is 22. The number of alkyl carbamates (subject to hydrolysis) is 1. The minimum atomic E-state index is -1.13. The maximum Gasteiger partial charge on any atom is 0.407 e. The Labute approximate surface area is 243 Å². The van der Waals surface area contributed by atoms with Gasteiger partial charge in [0.05, 0.1) is 58.2 Å². The van der Waals surface area contributed by atoms with Crippen molar-refractivity contribution in [2.45, 2.75) is 71.6 Å². The molecule has 1 saturated carbocycles. The second-order valence-electron chi connectivity index (χ2n) is 9.93. The predicted molar refractivity (Wildman–Crippen MR) is 152 cm³/mol. The number of carboxylic acid groups (broad SMARTS) is 1. The van der Waals surface area contributed by atoms with E-state index < -0.39 is 42.1 Å². The quantitative estimate of drug-likeness (QED) is 0.0680. The van der Waals surface area contributed by atoms with E-state index in [4.69, 9.17) is 35.2 Å². The average molecular weight is 590 g/mol. The first-order chi connectivity index (χ1) is 19.7. The molecule has 0 radical (unpaired) electrons. The van der Waals surface area contributed by atoms with Gasteiger partial charge in [-0.2, -0.15) is 0 Å². The topological polar surface area (TPSA) is 206 Å². The Kier molecular flexibility index (Phi) is 18.7. The number of aliphatic carboxylic acids is 1. The molecule has 0 saturated heterocycles. The van der Waals surface area contributed by atoms with E-state index in [1.807, 2.05) is 20.8 Å². The van der Waals surface area contributed by atoms with Gasteiger partial charge < -0.3 is 50.9 Å². The lowest BCUT2D eigenvalue weighted by atomic mass is 9.80. The number of guanidine groups is 1. The Bertz CT molecular complexity index is 793. The summed E-state index contributed by atoms with van der Waals surface area (Å²) in [5, 5.41) is 15.5. The van der Waals surface area contributed by atoms with Gasteiger partial charge in [-0.15, -0.1) is 0 Å². The smallest absolute Gasteiger partial charge is 0.407 e. The number of aliphatic imine (C=N–C) groups is 1. The lowest BCUT2D eigenvalue weighted by Gasteiger charge is -2.36. The molecular formula is C27H51N5O9. The van der Waals surface area contributed by atoms with Crippen LogP contribution in [0.3, 0.4) is 0 Å². The Morgan fingerprint density at radius 1 is 0.902 bits per heavy atom. The van der Waals surface area contributed by atoms with Crippen LogP contribution >= 0.6 is 0 Å². The molecule has 1 aliphatic carbocycles. The van der Waals surface area contributed by atoms with Gasteiger partial charge in [0, 0.05) is 32.0 Å². The molecule has 0 aromatic carbocycles. The van der Waals surface area contributed by atoms with E-state index in [1.54, 1.807) is 0 Å². The van der Waals surface area contributed by atoms with Gasteiger partial charge >= 0.3 is 12.1 Å². The molecule has 0 unspecified atom stereocenters. The third kappa shape index (κ3) is 14.2. The van der Waals surface area contributed by atoms with Crippen molar-refractivity contribution in [1.82, 2.24) is 10.6 Å². The zero-order chi connectivity index (χ0) is 30.6. The number of nitrogens with zero attached hydrogens (tertiary/aromatic N) is 1. The fourth-order valence-corrected chi connectivity index (χ4v) is 5.07. The van der Waals surface area contributed by atoms with E-state index in [2.05, 4.69) is 15.6 Å². The highest BCUT2D eigenvalue weighted by molar-refractivity contribution is 5.77. The number of nitrogens with one attached hydrogen (secondary N) is 2. The van der Waals surface area contributed by atoms with E-state index in [0.717, 1.165) is 13.0 Å². The van der Waals surface area contributed by atoms with Gasteiger partial charge in [-0.05, 0) is 18.8 Å². The highest BCUT2D eigenvalue weighted by Crippen LogP contribution is 2.41. The van der Waals surface area contributed by atoms with E-state index >= 15 is 0 Å². The van der Waals surface area contributed by atoms with Crippen LogP contribution in [0.5, 0.6) is 0 Å². The minimum Gasteiger partial charge on any atom is -0.481 e. The number of hydrogen-bond donors (Lipinski definition) is 5. The molecule has 2 amide bonds. The molecule has 14 heteroatoms. The fraction of sp³-hybridized carbons (Fsp3) is 0.852. The van der Waals surface area contributed by atoms with E-state index in [0.29, 0.717) is 52.5 Å². The van der Waals surface area contributed by atoms with Crippen LogP contribution in [0.4, 0.5) is 4.79 Å². The summed E-state index contributed by atoms with van der Waals surface area (Å²) in [7, 11) is 0. The van der Waals surface area contributed by atoms with Crippen molar-refractivity contribution in [1.29, 1.82) is 0 Å². The summed E-state index contributed by atoms with van der Waals surface area (Å²) in [6.45, 7) is 11.2. The lowest BCUT2D eigenvalue weighted by molar-refractivity contribution is -0.145. The Morgan fingerprint density at radius 3 is 1.90 bits per heavy atom. The molecule has 14 nitrogen and oxygen atoms in total. The monoisotopic (exact) mass is 589 g/mol. The SMILES string of the molecule is CCCOCCOCCOCCOCCNC(=O)O[C@H]1[C@@H]([C@@H](NC(C)=O)C(CC)CC)[C@H](N=C(N)N)C[C@@H]1C(=O)O. The van der Waals surface area contributed by atoms with E-state index in [-0.39, 0.29) is 37.4 Å². The Morgan fingerprint density at radius 2 is 1.44 bits per heavy atom. The van der Waals surface area contributed by atoms with Crippen molar-refractivity contribution in [3.8, 4) is 0 Å². The third-order valence-electron chi connectivity index (χ3n) is 6.91. The first-order valence-electron chi connectivity index (χ1n) is 14.5.